The maximum atomic E-state index is 13.2. The molecule has 3 rings (SSSR count). The van der Waals surface area contributed by atoms with Gasteiger partial charge in [-0.15, -0.1) is 0 Å². The summed E-state index contributed by atoms with van der Waals surface area (Å²) < 4.78 is 5.27. The molecule has 0 aliphatic carbocycles. The molecule has 2 aromatic rings. The number of hydrogen-bond acceptors (Lipinski definition) is 6. The molecule has 2 aromatic carbocycles. The summed E-state index contributed by atoms with van der Waals surface area (Å²) in [6.07, 6.45) is 0.689. The van der Waals surface area contributed by atoms with E-state index in [1.54, 1.807) is 23.1 Å². The zero-order chi connectivity index (χ0) is 25.7. The second-order valence-corrected chi connectivity index (χ2v) is 9.17. The van der Waals surface area contributed by atoms with Crippen molar-refractivity contribution in [3.8, 4) is 5.75 Å². The van der Waals surface area contributed by atoms with Gasteiger partial charge < -0.3 is 24.5 Å². The van der Waals surface area contributed by atoms with Gasteiger partial charge in [0.15, 0.2) is 0 Å². The number of amides is 1. The fraction of sp³-hybridized carbons (Fsp3) is 0.407. The maximum absolute atomic E-state index is 13.2. The summed E-state index contributed by atoms with van der Waals surface area (Å²) in [5, 5.41) is 11.6. The molecule has 1 heterocycles. The number of carbonyl (C=O) groups is 2. The lowest BCUT2D eigenvalue weighted by atomic mass is 9.95. The molecular formula is C27H34ClN3O4. The Morgan fingerprint density at radius 2 is 1.74 bits per heavy atom. The molecule has 35 heavy (non-hydrogen) atoms. The van der Waals surface area contributed by atoms with Crippen LogP contribution in [-0.4, -0.2) is 74.0 Å². The van der Waals surface area contributed by atoms with Crippen molar-refractivity contribution in [2.75, 3.05) is 52.3 Å². The number of aliphatic hydroxyl groups is 1. The van der Waals surface area contributed by atoms with Gasteiger partial charge in [-0.25, -0.2) is 0 Å². The second-order valence-electron chi connectivity index (χ2n) is 8.76. The summed E-state index contributed by atoms with van der Waals surface area (Å²) in [5.74, 6) is -1.16. The van der Waals surface area contributed by atoms with Crippen LogP contribution in [0.4, 0.5) is 5.69 Å². The standard InChI is InChI=1S/C27H34ClN3O4/c1-6-30(7-2)19-11-9-18(10-12-19)24-23(25(32)21-17-20(35-5)13-14-22(21)28)26(33)27(34)31(24)16-8-15-29(3)4/h9-14,17,24,32H,6-8,15-16H2,1-5H3/b25-23+. The van der Waals surface area contributed by atoms with Crippen molar-refractivity contribution < 1.29 is 19.4 Å². The quantitative estimate of drug-likeness (QED) is 0.293. The summed E-state index contributed by atoms with van der Waals surface area (Å²) in [6.45, 7) is 7.07. The molecule has 1 aliphatic heterocycles. The lowest BCUT2D eigenvalue weighted by Crippen LogP contribution is -2.32. The predicted octanol–water partition coefficient (Wildman–Crippen LogP) is 4.57. The minimum atomic E-state index is -0.718. The van der Waals surface area contributed by atoms with Gasteiger partial charge in [0.1, 0.15) is 11.5 Å². The van der Waals surface area contributed by atoms with Gasteiger partial charge in [0.05, 0.1) is 23.7 Å². The molecule has 1 fully saturated rings. The third-order valence-electron chi connectivity index (χ3n) is 6.31. The lowest BCUT2D eigenvalue weighted by molar-refractivity contribution is -0.139. The van der Waals surface area contributed by atoms with Crippen LogP contribution in [0.3, 0.4) is 0 Å². The topological polar surface area (TPSA) is 73.3 Å². The number of hydrogen-bond donors (Lipinski definition) is 1. The molecule has 1 unspecified atom stereocenters. The average molecular weight is 500 g/mol. The van der Waals surface area contributed by atoms with Gasteiger partial charge in [0, 0.05) is 30.9 Å². The molecule has 188 valence electrons. The molecule has 0 bridgehead atoms. The Hall–Kier alpha value is -3.03. The Kier molecular flexibility index (Phi) is 8.81. The first-order valence-electron chi connectivity index (χ1n) is 11.8. The van der Waals surface area contributed by atoms with Gasteiger partial charge >= 0.3 is 0 Å². The summed E-state index contributed by atoms with van der Waals surface area (Å²) in [6, 6.07) is 11.9. The van der Waals surface area contributed by atoms with Crippen molar-refractivity contribution in [3.63, 3.8) is 0 Å². The van der Waals surface area contributed by atoms with Crippen LogP contribution < -0.4 is 9.64 Å². The number of likely N-dealkylation sites (tertiary alicyclic amines) is 1. The maximum Gasteiger partial charge on any atom is 0.295 e. The summed E-state index contributed by atoms with van der Waals surface area (Å²) in [4.78, 5) is 32.2. The highest BCUT2D eigenvalue weighted by Gasteiger charge is 2.46. The van der Waals surface area contributed by atoms with Gasteiger partial charge in [-0.1, -0.05) is 23.7 Å². The zero-order valence-electron chi connectivity index (χ0n) is 21.0. The molecule has 0 spiro atoms. The van der Waals surface area contributed by atoms with E-state index in [-0.39, 0.29) is 21.9 Å². The molecule has 0 saturated carbocycles. The van der Waals surface area contributed by atoms with Crippen molar-refractivity contribution in [1.29, 1.82) is 0 Å². The van der Waals surface area contributed by atoms with E-state index in [0.29, 0.717) is 18.7 Å². The number of halogens is 1. The first-order chi connectivity index (χ1) is 16.7. The Labute approximate surface area is 212 Å². The number of Topliss-reactive ketones (excluding diaryl/α,β-unsaturated/α-hetero) is 1. The lowest BCUT2D eigenvalue weighted by Gasteiger charge is -2.27. The number of aliphatic hydroxyl groups excluding tert-OH is 1. The summed E-state index contributed by atoms with van der Waals surface area (Å²) >= 11 is 6.38. The normalized spacial score (nSPS) is 17.3. The third kappa shape index (κ3) is 5.63. The Morgan fingerprint density at radius 1 is 1.09 bits per heavy atom. The van der Waals surface area contributed by atoms with Crippen LogP contribution in [0, 0.1) is 0 Å². The van der Waals surface area contributed by atoms with Gasteiger partial charge in [0.25, 0.3) is 11.7 Å². The molecule has 8 heteroatoms. The van der Waals surface area contributed by atoms with Crippen molar-refractivity contribution in [3.05, 3.63) is 64.2 Å². The fourth-order valence-corrected chi connectivity index (χ4v) is 4.64. The van der Waals surface area contributed by atoms with E-state index in [0.717, 1.165) is 30.9 Å². The third-order valence-corrected chi connectivity index (χ3v) is 6.64. The zero-order valence-corrected chi connectivity index (χ0v) is 21.8. The van der Waals surface area contributed by atoms with Crippen LogP contribution in [-0.2, 0) is 9.59 Å². The predicted molar refractivity (Wildman–Crippen MR) is 140 cm³/mol. The van der Waals surface area contributed by atoms with Crippen LogP contribution >= 0.6 is 11.6 Å². The Morgan fingerprint density at radius 3 is 2.31 bits per heavy atom. The van der Waals surface area contributed by atoms with Gasteiger partial charge in [-0.05, 0) is 76.8 Å². The van der Waals surface area contributed by atoms with Crippen molar-refractivity contribution in [2.45, 2.75) is 26.3 Å². The molecule has 1 amide bonds. The van der Waals surface area contributed by atoms with Crippen LogP contribution in [0.15, 0.2) is 48.0 Å². The summed E-state index contributed by atoms with van der Waals surface area (Å²) in [7, 11) is 5.43. The largest absolute Gasteiger partial charge is 0.507 e. The molecule has 0 radical (unpaired) electrons. The van der Waals surface area contributed by atoms with Crippen molar-refractivity contribution >= 4 is 34.7 Å². The summed E-state index contributed by atoms with van der Waals surface area (Å²) in [5.41, 5.74) is 2.09. The number of ketones is 1. The van der Waals surface area contributed by atoms with E-state index in [4.69, 9.17) is 16.3 Å². The van der Waals surface area contributed by atoms with Crippen molar-refractivity contribution in [2.24, 2.45) is 0 Å². The molecule has 7 nitrogen and oxygen atoms in total. The first-order valence-corrected chi connectivity index (χ1v) is 12.2. The van der Waals surface area contributed by atoms with Gasteiger partial charge in [0.2, 0.25) is 0 Å². The molecule has 0 aromatic heterocycles. The fourth-order valence-electron chi connectivity index (χ4n) is 4.43. The van der Waals surface area contributed by atoms with E-state index in [1.165, 1.54) is 7.11 Å². The molecular weight excluding hydrogens is 466 g/mol. The van der Waals surface area contributed by atoms with E-state index in [1.807, 2.05) is 43.3 Å². The smallest absolute Gasteiger partial charge is 0.295 e. The molecule has 1 saturated heterocycles. The van der Waals surface area contributed by atoms with Gasteiger partial charge in [-0.2, -0.15) is 0 Å². The number of ether oxygens (including phenoxy) is 1. The van der Waals surface area contributed by atoms with Crippen LogP contribution in [0.25, 0.3) is 5.76 Å². The van der Waals surface area contributed by atoms with E-state index in [2.05, 4.69) is 18.7 Å². The molecule has 1 atom stereocenters. The highest BCUT2D eigenvalue weighted by molar-refractivity contribution is 6.47. The average Bonchev–Trinajstić information content (AvgIpc) is 3.10. The minimum absolute atomic E-state index is 0.0330. The Balaban J connectivity index is 2.13. The molecule has 1 N–H and O–H groups in total. The number of carbonyl (C=O) groups excluding carboxylic acids is 2. The first kappa shape index (κ1) is 26.6. The number of anilines is 1. The van der Waals surface area contributed by atoms with Crippen LogP contribution in [0.1, 0.15) is 37.4 Å². The SMILES string of the molecule is CCN(CC)c1ccc(C2/C(=C(\O)c3cc(OC)ccc3Cl)C(=O)C(=O)N2CCCN(C)C)cc1. The molecule has 1 aliphatic rings. The van der Waals surface area contributed by atoms with Crippen molar-refractivity contribution in [1.82, 2.24) is 9.80 Å². The highest BCUT2D eigenvalue weighted by atomic mass is 35.5. The van der Waals surface area contributed by atoms with Crippen LogP contribution in [0.5, 0.6) is 5.75 Å². The number of methoxy groups -OCH3 is 1. The number of benzene rings is 2. The highest BCUT2D eigenvalue weighted by Crippen LogP contribution is 2.41. The second kappa shape index (κ2) is 11.6. The van der Waals surface area contributed by atoms with Gasteiger partial charge in [-0.3, -0.25) is 9.59 Å². The monoisotopic (exact) mass is 499 g/mol. The Bertz CT molecular complexity index is 1090. The number of rotatable bonds is 10. The van der Waals surface area contributed by atoms with E-state index >= 15 is 0 Å². The van der Waals surface area contributed by atoms with Crippen LogP contribution in [0.2, 0.25) is 5.02 Å². The van der Waals surface area contributed by atoms with E-state index < -0.39 is 17.7 Å². The minimum Gasteiger partial charge on any atom is -0.507 e. The number of nitrogens with zero attached hydrogens (tertiary/aromatic N) is 3. The van der Waals surface area contributed by atoms with E-state index in [9.17, 15) is 14.7 Å².